The largest absolute Gasteiger partial charge is 0.452 e. The van der Waals surface area contributed by atoms with Gasteiger partial charge in [-0.3, -0.25) is 4.98 Å². The van der Waals surface area contributed by atoms with Crippen LogP contribution in [0.15, 0.2) is 57.7 Å². The maximum atomic E-state index is 5.77. The number of nitrogens with one attached hydrogen (secondary N) is 1. The van der Waals surface area contributed by atoms with E-state index in [2.05, 4.69) is 57.4 Å². The number of hydrogen-bond donors (Lipinski definition) is 1. The number of hydrogen-bond acceptors (Lipinski definition) is 3. The standard InChI is InChI=1S/C17H17BrN2O/c1-2-10-19-17(14-8-9-15(18)21-14)13-7-3-5-12-6-4-11-20-16(12)13/h3-9,11,17,19H,2,10H2,1H3. The Balaban J connectivity index is 2.09. The predicted octanol–water partition coefficient (Wildman–Crippen LogP) is 4.68. The SMILES string of the molecule is CCCNC(c1ccc(Br)o1)c1cccc2cccnc12. The number of benzene rings is 1. The summed E-state index contributed by atoms with van der Waals surface area (Å²) in [6.45, 7) is 3.08. The van der Waals surface area contributed by atoms with Crippen LogP contribution in [0, 0.1) is 0 Å². The molecule has 0 aliphatic rings. The number of nitrogens with zero attached hydrogens (tertiary/aromatic N) is 1. The Morgan fingerprint density at radius 3 is 2.81 bits per heavy atom. The quantitative estimate of drug-likeness (QED) is 0.730. The molecule has 0 amide bonds. The molecule has 108 valence electrons. The topological polar surface area (TPSA) is 38.1 Å². The first-order valence-electron chi connectivity index (χ1n) is 7.12. The van der Waals surface area contributed by atoms with E-state index >= 15 is 0 Å². The first-order valence-corrected chi connectivity index (χ1v) is 7.91. The summed E-state index contributed by atoms with van der Waals surface area (Å²) >= 11 is 3.38. The predicted molar refractivity (Wildman–Crippen MR) is 88.3 cm³/mol. The Morgan fingerprint density at radius 1 is 1.19 bits per heavy atom. The molecule has 2 aromatic heterocycles. The van der Waals surface area contributed by atoms with Gasteiger partial charge in [-0.05, 0) is 47.1 Å². The normalized spacial score (nSPS) is 12.7. The lowest BCUT2D eigenvalue weighted by Crippen LogP contribution is -2.23. The third-order valence-electron chi connectivity index (χ3n) is 3.45. The average Bonchev–Trinajstić information content (AvgIpc) is 2.94. The van der Waals surface area contributed by atoms with Gasteiger partial charge in [-0.2, -0.15) is 0 Å². The van der Waals surface area contributed by atoms with E-state index < -0.39 is 0 Å². The minimum Gasteiger partial charge on any atom is -0.452 e. The second-order valence-corrected chi connectivity index (χ2v) is 5.73. The second kappa shape index (κ2) is 6.41. The summed E-state index contributed by atoms with van der Waals surface area (Å²) in [5, 5.41) is 4.70. The molecule has 0 saturated heterocycles. The van der Waals surface area contributed by atoms with Crippen LogP contribution >= 0.6 is 15.9 Å². The molecule has 0 spiro atoms. The fraction of sp³-hybridized carbons (Fsp3) is 0.235. The molecule has 0 aliphatic carbocycles. The van der Waals surface area contributed by atoms with Crippen molar-refractivity contribution in [3.05, 3.63) is 64.7 Å². The lowest BCUT2D eigenvalue weighted by Gasteiger charge is -2.18. The van der Waals surface area contributed by atoms with Gasteiger partial charge in [-0.25, -0.2) is 0 Å². The second-order valence-electron chi connectivity index (χ2n) is 4.95. The first-order chi connectivity index (χ1) is 10.3. The molecular weight excluding hydrogens is 328 g/mol. The van der Waals surface area contributed by atoms with Crippen molar-refractivity contribution in [1.82, 2.24) is 10.3 Å². The zero-order valence-corrected chi connectivity index (χ0v) is 13.4. The van der Waals surface area contributed by atoms with Gasteiger partial charge in [0.25, 0.3) is 0 Å². The minimum absolute atomic E-state index is 0.00912. The smallest absolute Gasteiger partial charge is 0.169 e. The van der Waals surface area contributed by atoms with Crippen LogP contribution in [0.4, 0.5) is 0 Å². The molecule has 1 unspecified atom stereocenters. The third-order valence-corrected chi connectivity index (χ3v) is 3.88. The molecule has 2 heterocycles. The van der Waals surface area contributed by atoms with Crippen LogP contribution in [0.1, 0.15) is 30.7 Å². The molecule has 0 bridgehead atoms. The van der Waals surface area contributed by atoms with Crippen molar-refractivity contribution in [3.63, 3.8) is 0 Å². The highest BCUT2D eigenvalue weighted by Crippen LogP contribution is 2.30. The van der Waals surface area contributed by atoms with Crippen LogP contribution in [0.5, 0.6) is 0 Å². The van der Waals surface area contributed by atoms with E-state index in [1.165, 1.54) is 0 Å². The number of para-hydroxylation sites is 1. The summed E-state index contributed by atoms with van der Waals surface area (Å²) in [6.07, 6.45) is 2.90. The lowest BCUT2D eigenvalue weighted by molar-refractivity contribution is 0.434. The van der Waals surface area contributed by atoms with Crippen LogP contribution in [-0.2, 0) is 0 Å². The highest BCUT2D eigenvalue weighted by molar-refractivity contribution is 9.10. The number of furan rings is 1. The molecule has 1 aromatic carbocycles. The van der Waals surface area contributed by atoms with E-state index in [1.54, 1.807) is 0 Å². The number of rotatable bonds is 5. The van der Waals surface area contributed by atoms with Gasteiger partial charge in [0.2, 0.25) is 0 Å². The Hall–Kier alpha value is -1.65. The van der Waals surface area contributed by atoms with E-state index in [0.29, 0.717) is 0 Å². The van der Waals surface area contributed by atoms with E-state index in [0.717, 1.165) is 39.9 Å². The Labute approximate surface area is 132 Å². The molecule has 1 N–H and O–H groups in total. The Kier molecular flexibility index (Phi) is 4.36. The maximum Gasteiger partial charge on any atom is 0.169 e. The van der Waals surface area contributed by atoms with Gasteiger partial charge < -0.3 is 9.73 Å². The molecule has 21 heavy (non-hydrogen) atoms. The van der Waals surface area contributed by atoms with Crippen molar-refractivity contribution in [1.29, 1.82) is 0 Å². The summed E-state index contributed by atoms with van der Waals surface area (Å²) in [6, 6.07) is 14.2. The molecular formula is C17H17BrN2O. The first kappa shape index (κ1) is 14.3. The number of pyridine rings is 1. The summed E-state index contributed by atoms with van der Waals surface area (Å²) in [5.41, 5.74) is 2.16. The summed E-state index contributed by atoms with van der Waals surface area (Å²) in [7, 11) is 0. The van der Waals surface area contributed by atoms with Crippen LogP contribution in [0.3, 0.4) is 0 Å². The molecule has 0 radical (unpaired) electrons. The van der Waals surface area contributed by atoms with Crippen molar-refractivity contribution in [3.8, 4) is 0 Å². The van der Waals surface area contributed by atoms with Gasteiger partial charge in [0.05, 0.1) is 11.6 Å². The molecule has 0 fully saturated rings. The minimum atomic E-state index is 0.00912. The zero-order valence-electron chi connectivity index (χ0n) is 11.8. The van der Waals surface area contributed by atoms with Gasteiger partial charge in [-0.15, -0.1) is 0 Å². The van der Waals surface area contributed by atoms with Crippen LogP contribution in [-0.4, -0.2) is 11.5 Å². The maximum absolute atomic E-state index is 5.77. The molecule has 3 nitrogen and oxygen atoms in total. The summed E-state index contributed by atoms with van der Waals surface area (Å²) < 4.78 is 6.52. The van der Waals surface area contributed by atoms with Crippen molar-refractivity contribution in [2.45, 2.75) is 19.4 Å². The van der Waals surface area contributed by atoms with E-state index in [-0.39, 0.29) is 6.04 Å². The van der Waals surface area contributed by atoms with Gasteiger partial charge in [-0.1, -0.05) is 31.2 Å². The lowest BCUT2D eigenvalue weighted by atomic mass is 10.0. The van der Waals surface area contributed by atoms with Crippen LogP contribution in [0.2, 0.25) is 0 Å². The van der Waals surface area contributed by atoms with Crippen molar-refractivity contribution in [2.75, 3.05) is 6.54 Å². The average molecular weight is 345 g/mol. The number of fused-ring (bicyclic) bond motifs is 1. The summed E-state index contributed by atoms with van der Waals surface area (Å²) in [4.78, 5) is 4.55. The van der Waals surface area contributed by atoms with E-state index in [4.69, 9.17) is 4.42 Å². The van der Waals surface area contributed by atoms with Gasteiger partial charge in [0.1, 0.15) is 5.76 Å². The zero-order chi connectivity index (χ0) is 14.7. The molecule has 0 aliphatic heterocycles. The van der Waals surface area contributed by atoms with E-state index in [1.807, 2.05) is 24.4 Å². The highest BCUT2D eigenvalue weighted by Gasteiger charge is 2.19. The molecule has 3 aromatic rings. The Bertz CT molecular complexity index is 733. The van der Waals surface area contributed by atoms with Crippen molar-refractivity contribution >= 4 is 26.8 Å². The van der Waals surface area contributed by atoms with Crippen molar-refractivity contribution in [2.24, 2.45) is 0 Å². The van der Waals surface area contributed by atoms with Gasteiger partial charge in [0.15, 0.2) is 4.67 Å². The molecule has 1 atom stereocenters. The van der Waals surface area contributed by atoms with Crippen molar-refractivity contribution < 1.29 is 4.42 Å². The fourth-order valence-corrected chi connectivity index (χ4v) is 2.82. The monoisotopic (exact) mass is 344 g/mol. The summed E-state index contributed by atoms with van der Waals surface area (Å²) in [5.74, 6) is 0.897. The van der Waals surface area contributed by atoms with E-state index in [9.17, 15) is 0 Å². The van der Waals surface area contributed by atoms with Crippen LogP contribution < -0.4 is 5.32 Å². The third kappa shape index (κ3) is 3.01. The molecule has 3 rings (SSSR count). The number of aromatic nitrogens is 1. The van der Waals surface area contributed by atoms with Crippen LogP contribution in [0.25, 0.3) is 10.9 Å². The Morgan fingerprint density at radius 2 is 2.05 bits per heavy atom. The van der Waals surface area contributed by atoms with Gasteiger partial charge in [0, 0.05) is 17.1 Å². The molecule has 4 heteroatoms. The highest BCUT2D eigenvalue weighted by atomic mass is 79.9. The fourth-order valence-electron chi connectivity index (χ4n) is 2.50. The number of halogens is 1. The van der Waals surface area contributed by atoms with Gasteiger partial charge >= 0.3 is 0 Å². The molecule has 0 saturated carbocycles.